The van der Waals surface area contributed by atoms with Crippen LogP contribution in [0.15, 0.2) is 12.7 Å². The zero-order valence-electron chi connectivity index (χ0n) is 11.4. The number of hydrogen-bond acceptors (Lipinski definition) is 2. The van der Waals surface area contributed by atoms with Gasteiger partial charge in [0.25, 0.3) is 0 Å². The molecule has 0 aromatic carbocycles. The molecule has 0 aromatic heterocycles. The van der Waals surface area contributed by atoms with Gasteiger partial charge in [-0.05, 0) is 17.9 Å². The summed E-state index contributed by atoms with van der Waals surface area (Å²) in [5, 5.41) is 0.401. The zero-order valence-corrected chi connectivity index (χ0v) is 12.4. The fourth-order valence-corrected chi connectivity index (χ4v) is 2.18. The molecule has 0 fully saturated rings. The molecule has 3 heteroatoms. The van der Waals surface area contributed by atoms with Crippen LogP contribution in [0.5, 0.6) is 0 Å². The molecule has 0 bridgehead atoms. The van der Waals surface area contributed by atoms with Crippen molar-refractivity contribution in [3.05, 3.63) is 12.7 Å². The van der Waals surface area contributed by atoms with E-state index in [2.05, 4.69) is 40.1 Å². The quantitative estimate of drug-likeness (QED) is 0.292. The molecule has 0 heterocycles. The molecule has 0 N–H and O–H groups in total. The van der Waals surface area contributed by atoms with Gasteiger partial charge in [0.1, 0.15) is 0 Å². The van der Waals surface area contributed by atoms with E-state index in [1.165, 1.54) is 0 Å². The summed E-state index contributed by atoms with van der Waals surface area (Å²) in [4.78, 5) is 11.1. The van der Waals surface area contributed by atoms with Crippen LogP contribution >= 0.6 is 0 Å². The van der Waals surface area contributed by atoms with Gasteiger partial charge in [0.2, 0.25) is 0 Å². The third kappa shape index (κ3) is 5.49. The molecule has 0 radical (unpaired) electrons. The van der Waals surface area contributed by atoms with E-state index in [0.717, 1.165) is 12.8 Å². The maximum Gasteiger partial charge on any atom is 0.309 e. The second kappa shape index (κ2) is 6.23. The SMILES string of the molecule is C=CCC(=O)OCCCC(C)(C)[Si](C)(C)C. The summed E-state index contributed by atoms with van der Waals surface area (Å²) in [5.74, 6) is -0.166. The lowest BCUT2D eigenvalue weighted by Gasteiger charge is -2.37. The second-order valence-electron chi connectivity index (χ2n) is 5.95. The van der Waals surface area contributed by atoms with Crippen molar-refractivity contribution >= 4 is 14.0 Å². The molecule has 0 aromatic rings. The van der Waals surface area contributed by atoms with E-state index in [0.29, 0.717) is 18.1 Å². The highest BCUT2D eigenvalue weighted by Gasteiger charge is 2.33. The van der Waals surface area contributed by atoms with E-state index in [1.807, 2.05) is 0 Å². The summed E-state index contributed by atoms with van der Waals surface area (Å²) in [6.45, 7) is 15.9. The van der Waals surface area contributed by atoms with Crippen molar-refractivity contribution in [2.75, 3.05) is 6.61 Å². The first-order valence-electron chi connectivity index (χ1n) is 5.97. The third-order valence-corrected chi connectivity index (χ3v) is 7.86. The molecule has 0 unspecified atom stereocenters. The summed E-state index contributed by atoms with van der Waals surface area (Å²) in [6.07, 6.45) is 3.98. The van der Waals surface area contributed by atoms with Gasteiger partial charge in [-0.15, -0.1) is 6.58 Å². The maximum absolute atomic E-state index is 11.1. The molecule has 0 aliphatic carbocycles. The largest absolute Gasteiger partial charge is 0.465 e. The number of carbonyl (C=O) groups is 1. The van der Waals surface area contributed by atoms with Crippen molar-refractivity contribution in [3.8, 4) is 0 Å². The highest BCUT2D eigenvalue weighted by Crippen LogP contribution is 2.41. The van der Waals surface area contributed by atoms with E-state index >= 15 is 0 Å². The number of esters is 1. The smallest absolute Gasteiger partial charge is 0.309 e. The first-order valence-corrected chi connectivity index (χ1v) is 9.47. The summed E-state index contributed by atoms with van der Waals surface area (Å²) in [5.41, 5.74) is 0. The van der Waals surface area contributed by atoms with Gasteiger partial charge in [0, 0.05) is 8.07 Å². The van der Waals surface area contributed by atoms with Gasteiger partial charge in [-0.25, -0.2) is 0 Å². The first-order chi connectivity index (χ1) is 7.20. The second-order valence-corrected chi connectivity index (χ2v) is 11.8. The highest BCUT2D eigenvalue weighted by atomic mass is 28.3. The van der Waals surface area contributed by atoms with E-state index in [1.54, 1.807) is 6.08 Å². The zero-order chi connectivity index (χ0) is 12.8. The van der Waals surface area contributed by atoms with Crippen LogP contribution < -0.4 is 0 Å². The van der Waals surface area contributed by atoms with Crippen LogP contribution in [0.1, 0.15) is 33.1 Å². The number of hydrogen-bond donors (Lipinski definition) is 0. The van der Waals surface area contributed by atoms with Crippen molar-refractivity contribution in [3.63, 3.8) is 0 Å². The molecular weight excluding hydrogens is 216 g/mol. The van der Waals surface area contributed by atoms with E-state index < -0.39 is 8.07 Å². The van der Waals surface area contributed by atoms with Crippen molar-refractivity contribution in [2.24, 2.45) is 0 Å². The molecule has 94 valence electrons. The van der Waals surface area contributed by atoms with Gasteiger partial charge < -0.3 is 4.74 Å². The lowest BCUT2D eigenvalue weighted by molar-refractivity contribution is -0.142. The Morgan fingerprint density at radius 2 is 1.94 bits per heavy atom. The molecule has 16 heavy (non-hydrogen) atoms. The molecule has 0 atom stereocenters. The Kier molecular flexibility index (Phi) is 6.01. The Labute approximate surface area is 101 Å². The highest BCUT2D eigenvalue weighted by molar-refractivity contribution is 6.78. The topological polar surface area (TPSA) is 26.3 Å². The van der Waals surface area contributed by atoms with Crippen LogP contribution in [0.4, 0.5) is 0 Å². The Bertz CT molecular complexity index is 239. The Morgan fingerprint density at radius 1 is 1.38 bits per heavy atom. The summed E-state index contributed by atoms with van der Waals surface area (Å²) < 4.78 is 5.10. The van der Waals surface area contributed by atoms with Gasteiger partial charge in [-0.1, -0.05) is 39.6 Å². The summed E-state index contributed by atoms with van der Waals surface area (Å²) in [7, 11) is -1.13. The molecule has 0 aliphatic heterocycles. The van der Waals surface area contributed by atoms with Crippen molar-refractivity contribution in [1.29, 1.82) is 0 Å². The Hall–Kier alpha value is -0.573. The third-order valence-electron chi connectivity index (χ3n) is 3.55. The van der Waals surface area contributed by atoms with Gasteiger partial charge >= 0.3 is 5.97 Å². The summed E-state index contributed by atoms with van der Waals surface area (Å²) >= 11 is 0. The van der Waals surface area contributed by atoms with Gasteiger partial charge in [-0.3, -0.25) is 4.79 Å². The molecule has 0 saturated carbocycles. The van der Waals surface area contributed by atoms with Crippen LogP contribution in [0.2, 0.25) is 24.7 Å². The van der Waals surface area contributed by atoms with Crippen LogP contribution in [0, 0.1) is 0 Å². The lowest BCUT2D eigenvalue weighted by Crippen LogP contribution is -2.35. The monoisotopic (exact) mass is 242 g/mol. The lowest BCUT2D eigenvalue weighted by atomic mass is 10.1. The molecule has 0 aliphatic rings. The van der Waals surface area contributed by atoms with Gasteiger partial charge in [0.05, 0.1) is 13.0 Å². The van der Waals surface area contributed by atoms with Crippen molar-refractivity contribution in [2.45, 2.75) is 57.8 Å². The fourth-order valence-electron chi connectivity index (χ4n) is 1.25. The van der Waals surface area contributed by atoms with E-state index in [-0.39, 0.29) is 5.97 Å². The first kappa shape index (κ1) is 15.4. The van der Waals surface area contributed by atoms with E-state index in [9.17, 15) is 4.79 Å². The average Bonchev–Trinajstić information content (AvgIpc) is 2.11. The molecular formula is C13H26O2Si. The predicted molar refractivity (Wildman–Crippen MR) is 72.4 cm³/mol. The van der Waals surface area contributed by atoms with E-state index in [4.69, 9.17) is 4.74 Å². The maximum atomic E-state index is 11.1. The van der Waals surface area contributed by atoms with Crippen molar-refractivity contribution < 1.29 is 9.53 Å². The predicted octanol–water partition coefficient (Wildman–Crippen LogP) is 4.00. The molecule has 0 spiro atoms. The summed E-state index contributed by atoms with van der Waals surface area (Å²) in [6, 6.07) is 0. The Morgan fingerprint density at radius 3 is 2.38 bits per heavy atom. The Balaban J connectivity index is 3.82. The number of ether oxygens (including phenoxy) is 1. The minimum absolute atomic E-state index is 0.166. The molecule has 2 nitrogen and oxygen atoms in total. The number of rotatable bonds is 7. The van der Waals surface area contributed by atoms with Crippen LogP contribution in [0.3, 0.4) is 0 Å². The van der Waals surface area contributed by atoms with Crippen LogP contribution in [-0.4, -0.2) is 20.7 Å². The molecule has 0 rings (SSSR count). The van der Waals surface area contributed by atoms with Crippen LogP contribution in [0.25, 0.3) is 0 Å². The van der Waals surface area contributed by atoms with Crippen molar-refractivity contribution in [1.82, 2.24) is 0 Å². The standard InChI is InChI=1S/C13H26O2Si/c1-7-9-12(14)15-11-8-10-13(2,3)16(4,5)6/h7H,1,8-11H2,2-6H3. The minimum Gasteiger partial charge on any atom is -0.465 e. The van der Waals surface area contributed by atoms with Crippen LogP contribution in [-0.2, 0) is 9.53 Å². The fraction of sp³-hybridized carbons (Fsp3) is 0.769. The minimum atomic E-state index is -1.13. The average molecular weight is 242 g/mol. The molecule has 0 saturated heterocycles. The molecule has 0 amide bonds. The van der Waals surface area contributed by atoms with Gasteiger partial charge in [-0.2, -0.15) is 0 Å². The number of carbonyl (C=O) groups excluding carboxylic acids is 1. The van der Waals surface area contributed by atoms with Gasteiger partial charge in [0.15, 0.2) is 0 Å². The normalized spacial score (nSPS) is 12.3.